The first kappa shape index (κ1) is 20.8. The van der Waals surface area contributed by atoms with E-state index < -0.39 is 18.0 Å². The molecular weight excluding hydrogens is 362 g/mol. The van der Waals surface area contributed by atoms with Crippen molar-refractivity contribution in [1.82, 2.24) is 10.6 Å². The van der Waals surface area contributed by atoms with E-state index >= 15 is 0 Å². The second-order valence-electron chi connectivity index (χ2n) is 6.10. The highest BCUT2D eigenvalue weighted by Crippen LogP contribution is 2.25. The van der Waals surface area contributed by atoms with Crippen LogP contribution < -0.4 is 21.1 Å². The predicted octanol–water partition coefficient (Wildman–Crippen LogP) is 2.56. The van der Waals surface area contributed by atoms with Crippen LogP contribution >= 0.6 is 0 Å². The number of primary amides is 1. The topological polar surface area (TPSA) is 131 Å². The fourth-order valence-corrected chi connectivity index (χ4v) is 2.57. The number of aliphatic carboxylic acids is 1. The summed E-state index contributed by atoms with van der Waals surface area (Å²) in [5.74, 6) is -0.0201. The smallest absolute Gasteiger partial charge is 0.312 e. The molecule has 28 heavy (non-hydrogen) atoms. The van der Waals surface area contributed by atoms with E-state index in [1.807, 2.05) is 30.3 Å². The van der Waals surface area contributed by atoms with Gasteiger partial charge in [0.25, 0.3) is 0 Å². The molecule has 0 aromatic heterocycles. The molecule has 0 spiro atoms. The Morgan fingerprint density at radius 2 is 1.75 bits per heavy atom. The Morgan fingerprint density at radius 3 is 2.43 bits per heavy atom. The van der Waals surface area contributed by atoms with Crippen LogP contribution in [0.4, 0.5) is 4.79 Å². The number of para-hydroxylation sites is 1. The molecule has 0 fully saturated rings. The van der Waals surface area contributed by atoms with E-state index in [9.17, 15) is 14.4 Å². The number of carboxylic acids is 1. The Balaban J connectivity index is 2.03. The van der Waals surface area contributed by atoms with Crippen LogP contribution in [0.15, 0.2) is 54.6 Å². The average Bonchev–Trinajstić information content (AvgIpc) is 2.65. The van der Waals surface area contributed by atoms with Gasteiger partial charge in [-0.15, -0.1) is 0 Å². The molecule has 2 aromatic carbocycles. The van der Waals surface area contributed by atoms with Gasteiger partial charge in [0.2, 0.25) is 5.91 Å². The summed E-state index contributed by atoms with van der Waals surface area (Å²) in [6.07, 6.45) is 0.266. The summed E-state index contributed by atoms with van der Waals surface area (Å²) in [4.78, 5) is 34.0. The zero-order valence-electron chi connectivity index (χ0n) is 15.3. The SMILES string of the molecule is NC(=O)NC(CC(=O)NCCCC(=O)O)c1cccc(Oc2ccccc2)c1. The van der Waals surface area contributed by atoms with Gasteiger partial charge >= 0.3 is 12.0 Å². The van der Waals surface area contributed by atoms with E-state index in [0.29, 0.717) is 23.5 Å². The molecule has 2 aromatic rings. The summed E-state index contributed by atoms with van der Waals surface area (Å²) < 4.78 is 5.78. The number of carbonyl (C=O) groups excluding carboxylic acids is 2. The van der Waals surface area contributed by atoms with Crippen LogP contribution in [-0.4, -0.2) is 29.6 Å². The number of urea groups is 1. The molecule has 1 atom stereocenters. The molecule has 0 saturated heterocycles. The Hall–Kier alpha value is -3.55. The fourth-order valence-electron chi connectivity index (χ4n) is 2.57. The standard InChI is InChI=1S/C20H23N3O5/c21-20(27)23-17(13-18(24)22-11-5-10-19(25)26)14-6-4-9-16(12-14)28-15-7-2-1-3-8-15/h1-4,6-9,12,17H,5,10-11,13H2,(H,22,24)(H,25,26)(H3,21,23,27). The van der Waals surface area contributed by atoms with E-state index in [2.05, 4.69) is 10.6 Å². The fraction of sp³-hybridized carbons (Fsp3) is 0.250. The van der Waals surface area contributed by atoms with Crippen molar-refractivity contribution in [1.29, 1.82) is 0 Å². The van der Waals surface area contributed by atoms with Crippen molar-refractivity contribution in [3.05, 3.63) is 60.2 Å². The highest BCUT2D eigenvalue weighted by atomic mass is 16.5. The number of amides is 3. The van der Waals surface area contributed by atoms with Crippen LogP contribution in [0.25, 0.3) is 0 Å². The van der Waals surface area contributed by atoms with E-state index in [4.69, 9.17) is 15.6 Å². The summed E-state index contributed by atoms with van der Waals surface area (Å²) in [7, 11) is 0. The molecule has 0 saturated carbocycles. The number of nitrogens with one attached hydrogen (secondary N) is 2. The number of ether oxygens (including phenoxy) is 1. The van der Waals surface area contributed by atoms with Gasteiger partial charge < -0.3 is 26.2 Å². The van der Waals surface area contributed by atoms with Crippen molar-refractivity contribution in [2.75, 3.05) is 6.54 Å². The third kappa shape index (κ3) is 7.36. The molecule has 2 rings (SSSR count). The van der Waals surface area contributed by atoms with Gasteiger partial charge in [-0.25, -0.2) is 4.79 Å². The molecule has 0 aliphatic rings. The molecule has 5 N–H and O–H groups in total. The monoisotopic (exact) mass is 385 g/mol. The van der Waals surface area contributed by atoms with Crippen molar-refractivity contribution >= 4 is 17.9 Å². The van der Waals surface area contributed by atoms with E-state index in [-0.39, 0.29) is 25.3 Å². The predicted molar refractivity (Wildman–Crippen MR) is 103 cm³/mol. The molecule has 148 valence electrons. The third-order valence-corrected chi connectivity index (χ3v) is 3.83. The Labute approximate surface area is 162 Å². The van der Waals surface area contributed by atoms with E-state index in [1.165, 1.54) is 0 Å². The number of hydrogen-bond acceptors (Lipinski definition) is 4. The highest BCUT2D eigenvalue weighted by molar-refractivity contribution is 5.78. The number of rotatable bonds is 10. The van der Waals surface area contributed by atoms with Crippen LogP contribution in [0, 0.1) is 0 Å². The van der Waals surface area contributed by atoms with Gasteiger partial charge in [-0.2, -0.15) is 0 Å². The van der Waals surface area contributed by atoms with Gasteiger partial charge in [-0.3, -0.25) is 9.59 Å². The first-order valence-corrected chi connectivity index (χ1v) is 8.81. The second-order valence-corrected chi connectivity index (χ2v) is 6.10. The largest absolute Gasteiger partial charge is 0.481 e. The number of carbonyl (C=O) groups is 3. The van der Waals surface area contributed by atoms with Crippen molar-refractivity contribution in [3.63, 3.8) is 0 Å². The highest BCUT2D eigenvalue weighted by Gasteiger charge is 2.18. The molecule has 8 heteroatoms. The second kappa shape index (κ2) is 10.6. The zero-order valence-corrected chi connectivity index (χ0v) is 15.3. The molecule has 1 unspecified atom stereocenters. The van der Waals surface area contributed by atoms with Crippen molar-refractivity contribution in [2.24, 2.45) is 5.73 Å². The minimum atomic E-state index is -0.919. The van der Waals surface area contributed by atoms with Gasteiger partial charge in [0.05, 0.1) is 12.5 Å². The Morgan fingerprint density at radius 1 is 1.04 bits per heavy atom. The number of nitrogens with two attached hydrogens (primary N) is 1. The van der Waals surface area contributed by atoms with Gasteiger partial charge in [0.15, 0.2) is 0 Å². The minimum Gasteiger partial charge on any atom is -0.481 e. The molecule has 0 bridgehead atoms. The van der Waals surface area contributed by atoms with Crippen LogP contribution in [0.3, 0.4) is 0 Å². The normalized spacial score (nSPS) is 11.3. The molecule has 0 aliphatic carbocycles. The summed E-state index contributed by atoms with van der Waals surface area (Å²) in [6.45, 7) is 0.242. The molecule has 3 amide bonds. The Bertz CT molecular complexity index is 810. The summed E-state index contributed by atoms with van der Waals surface area (Å²) in [5.41, 5.74) is 5.90. The van der Waals surface area contributed by atoms with Crippen molar-refractivity contribution < 1.29 is 24.2 Å². The quantitative estimate of drug-likeness (QED) is 0.467. The van der Waals surface area contributed by atoms with Crippen LogP contribution in [0.1, 0.15) is 30.9 Å². The lowest BCUT2D eigenvalue weighted by Gasteiger charge is -2.18. The molecule has 0 heterocycles. The lowest BCUT2D eigenvalue weighted by Crippen LogP contribution is -2.36. The van der Waals surface area contributed by atoms with Crippen molar-refractivity contribution in [3.8, 4) is 11.5 Å². The maximum atomic E-state index is 12.1. The minimum absolute atomic E-state index is 0.0257. The van der Waals surface area contributed by atoms with Gasteiger partial charge in [-0.05, 0) is 36.2 Å². The zero-order chi connectivity index (χ0) is 20.4. The van der Waals surface area contributed by atoms with Gasteiger partial charge in [-0.1, -0.05) is 30.3 Å². The average molecular weight is 385 g/mol. The lowest BCUT2D eigenvalue weighted by atomic mass is 10.0. The summed E-state index contributed by atoms with van der Waals surface area (Å²) >= 11 is 0. The van der Waals surface area contributed by atoms with Crippen molar-refractivity contribution in [2.45, 2.75) is 25.3 Å². The van der Waals surface area contributed by atoms with Crippen LogP contribution in [-0.2, 0) is 9.59 Å². The summed E-state index contributed by atoms with van der Waals surface area (Å²) in [5, 5.41) is 13.8. The molecule has 0 radical (unpaired) electrons. The Kier molecular flexibility index (Phi) is 7.83. The van der Waals surface area contributed by atoms with E-state index in [1.54, 1.807) is 24.3 Å². The van der Waals surface area contributed by atoms with Crippen LogP contribution in [0.2, 0.25) is 0 Å². The molecule has 0 aliphatic heterocycles. The number of benzene rings is 2. The first-order chi connectivity index (χ1) is 13.4. The molecule has 8 nitrogen and oxygen atoms in total. The number of hydrogen-bond donors (Lipinski definition) is 4. The number of carboxylic acid groups (broad SMARTS) is 1. The first-order valence-electron chi connectivity index (χ1n) is 8.81. The van der Waals surface area contributed by atoms with Gasteiger partial charge in [0, 0.05) is 13.0 Å². The van der Waals surface area contributed by atoms with Gasteiger partial charge in [0.1, 0.15) is 11.5 Å². The maximum Gasteiger partial charge on any atom is 0.312 e. The van der Waals surface area contributed by atoms with E-state index in [0.717, 1.165) is 0 Å². The van der Waals surface area contributed by atoms with Crippen LogP contribution in [0.5, 0.6) is 11.5 Å². The summed E-state index contributed by atoms with van der Waals surface area (Å²) in [6, 6.07) is 14.8. The lowest BCUT2D eigenvalue weighted by molar-refractivity contribution is -0.137. The third-order valence-electron chi connectivity index (χ3n) is 3.83. The molecular formula is C20H23N3O5. The maximum absolute atomic E-state index is 12.1.